The van der Waals surface area contributed by atoms with Crippen LogP contribution in [0, 0.1) is 17.0 Å². The maximum Gasteiger partial charge on any atom is 0.274 e. The van der Waals surface area contributed by atoms with Gasteiger partial charge in [-0.25, -0.2) is 0 Å². The number of rotatable bonds is 4. The quantitative estimate of drug-likeness (QED) is 0.618. The first-order valence-electron chi connectivity index (χ1n) is 6.84. The van der Waals surface area contributed by atoms with E-state index in [9.17, 15) is 10.1 Å². The Balaban J connectivity index is 2.07. The van der Waals surface area contributed by atoms with E-state index in [1.807, 2.05) is 12.1 Å². The molecule has 1 aliphatic rings. The highest BCUT2D eigenvalue weighted by molar-refractivity contribution is 5.56. The van der Waals surface area contributed by atoms with Gasteiger partial charge in [0.2, 0.25) is 0 Å². The van der Waals surface area contributed by atoms with Gasteiger partial charge >= 0.3 is 0 Å². The van der Waals surface area contributed by atoms with Crippen LogP contribution in [0.5, 0.6) is 0 Å². The lowest BCUT2D eigenvalue weighted by molar-refractivity contribution is -0.385. The molecule has 0 radical (unpaired) electrons. The Morgan fingerprint density at radius 1 is 1.26 bits per heavy atom. The third-order valence-corrected chi connectivity index (χ3v) is 3.67. The number of anilines is 1. The third kappa shape index (κ3) is 3.23. The Morgan fingerprint density at radius 2 is 1.95 bits per heavy atom. The number of hydrogen-bond donors (Lipinski definition) is 0. The van der Waals surface area contributed by atoms with E-state index in [0.29, 0.717) is 0 Å². The topological polar surface area (TPSA) is 49.6 Å². The summed E-state index contributed by atoms with van der Waals surface area (Å²) in [5, 5.41) is 11.0. The molecule has 0 atom stereocenters. The lowest BCUT2D eigenvalue weighted by atomic mass is 10.1. The largest absolute Gasteiger partial charge is 0.369 e. The predicted octanol–water partition coefficient (Wildman–Crippen LogP) is 2.44. The maximum atomic E-state index is 11.0. The van der Waals surface area contributed by atoms with Crippen molar-refractivity contribution in [1.82, 2.24) is 4.90 Å². The van der Waals surface area contributed by atoms with Gasteiger partial charge in [0.1, 0.15) is 0 Å². The lowest BCUT2D eigenvalue weighted by Gasteiger charge is -2.35. The van der Waals surface area contributed by atoms with E-state index in [0.717, 1.165) is 44.0 Å². The summed E-state index contributed by atoms with van der Waals surface area (Å²) in [7, 11) is 0. The van der Waals surface area contributed by atoms with Gasteiger partial charge in [0, 0.05) is 43.5 Å². The fourth-order valence-electron chi connectivity index (χ4n) is 2.54. The van der Waals surface area contributed by atoms with Crippen molar-refractivity contribution in [2.24, 2.45) is 0 Å². The second-order valence-corrected chi connectivity index (χ2v) is 5.06. The van der Waals surface area contributed by atoms with Crippen LogP contribution < -0.4 is 4.90 Å². The van der Waals surface area contributed by atoms with Crippen molar-refractivity contribution in [3.05, 3.63) is 33.9 Å². The molecule has 0 aliphatic carbocycles. The highest BCUT2D eigenvalue weighted by atomic mass is 16.6. The minimum absolute atomic E-state index is 0.216. The summed E-state index contributed by atoms with van der Waals surface area (Å²) in [6, 6.07) is 5.52. The van der Waals surface area contributed by atoms with Gasteiger partial charge in [-0.2, -0.15) is 0 Å². The van der Waals surface area contributed by atoms with Gasteiger partial charge in [0.15, 0.2) is 0 Å². The van der Waals surface area contributed by atoms with Crippen LogP contribution in [0.4, 0.5) is 11.4 Å². The summed E-state index contributed by atoms with van der Waals surface area (Å²) in [4.78, 5) is 15.4. The van der Waals surface area contributed by atoms with Crippen molar-refractivity contribution in [3.8, 4) is 0 Å². The lowest BCUT2D eigenvalue weighted by Crippen LogP contribution is -2.46. The van der Waals surface area contributed by atoms with E-state index < -0.39 is 0 Å². The molecular formula is C14H21N3O2. The Kier molecular flexibility index (Phi) is 4.37. The third-order valence-electron chi connectivity index (χ3n) is 3.67. The van der Waals surface area contributed by atoms with Crippen LogP contribution >= 0.6 is 0 Å². The Bertz CT molecular complexity index is 454. The predicted molar refractivity (Wildman–Crippen MR) is 76.8 cm³/mol. The number of nitrogens with zero attached hydrogens (tertiary/aromatic N) is 3. The van der Waals surface area contributed by atoms with Crippen molar-refractivity contribution in [2.45, 2.75) is 20.3 Å². The number of piperazine rings is 1. The molecule has 1 heterocycles. The second-order valence-electron chi connectivity index (χ2n) is 5.06. The minimum atomic E-state index is -0.299. The standard InChI is InChI=1S/C14H21N3O2/c1-3-6-15-7-9-16(10-8-15)13-5-4-12(2)14(11-13)17(18)19/h4-5,11H,3,6-10H2,1-2H3. The Hall–Kier alpha value is -1.62. The van der Waals surface area contributed by atoms with Crippen LogP contribution in [0.2, 0.25) is 0 Å². The van der Waals surface area contributed by atoms with E-state index in [4.69, 9.17) is 0 Å². The second kappa shape index (κ2) is 6.02. The molecule has 0 aromatic heterocycles. The van der Waals surface area contributed by atoms with Crippen LogP contribution in [0.1, 0.15) is 18.9 Å². The number of aryl methyl sites for hydroxylation is 1. The van der Waals surface area contributed by atoms with Crippen molar-refractivity contribution in [1.29, 1.82) is 0 Å². The van der Waals surface area contributed by atoms with E-state index in [1.54, 1.807) is 13.0 Å². The maximum absolute atomic E-state index is 11.0. The van der Waals surface area contributed by atoms with Crippen molar-refractivity contribution < 1.29 is 4.92 Å². The van der Waals surface area contributed by atoms with Crippen LogP contribution in [0.15, 0.2) is 18.2 Å². The molecule has 1 aromatic rings. The summed E-state index contributed by atoms with van der Waals surface area (Å²) in [5.74, 6) is 0. The van der Waals surface area contributed by atoms with E-state index in [-0.39, 0.29) is 10.6 Å². The van der Waals surface area contributed by atoms with Gasteiger partial charge < -0.3 is 4.90 Å². The zero-order valence-corrected chi connectivity index (χ0v) is 11.6. The number of benzene rings is 1. The smallest absolute Gasteiger partial charge is 0.274 e. The molecule has 19 heavy (non-hydrogen) atoms. The fraction of sp³-hybridized carbons (Fsp3) is 0.571. The van der Waals surface area contributed by atoms with Crippen LogP contribution in [-0.2, 0) is 0 Å². The molecule has 104 valence electrons. The molecule has 0 saturated carbocycles. The zero-order chi connectivity index (χ0) is 13.8. The first kappa shape index (κ1) is 13.8. The van der Waals surface area contributed by atoms with Gasteiger partial charge in [-0.15, -0.1) is 0 Å². The van der Waals surface area contributed by atoms with Crippen LogP contribution in [-0.4, -0.2) is 42.5 Å². The first-order chi connectivity index (χ1) is 9.11. The van der Waals surface area contributed by atoms with Gasteiger partial charge in [0.25, 0.3) is 5.69 Å². The SMILES string of the molecule is CCCN1CCN(c2ccc(C)c([N+](=O)[O-])c2)CC1. The number of nitro groups is 1. The molecule has 0 amide bonds. The molecule has 1 aromatic carbocycles. The normalized spacial score (nSPS) is 16.6. The molecule has 1 fully saturated rings. The van der Waals surface area contributed by atoms with Crippen LogP contribution in [0.3, 0.4) is 0 Å². The van der Waals surface area contributed by atoms with E-state index in [1.165, 1.54) is 6.42 Å². The molecule has 0 unspecified atom stereocenters. The highest BCUT2D eigenvalue weighted by Gasteiger charge is 2.19. The number of hydrogen-bond acceptors (Lipinski definition) is 4. The average Bonchev–Trinajstić information content (AvgIpc) is 2.40. The van der Waals surface area contributed by atoms with E-state index in [2.05, 4.69) is 16.7 Å². The summed E-state index contributed by atoms with van der Waals surface area (Å²) in [5.41, 5.74) is 1.90. The highest BCUT2D eigenvalue weighted by Crippen LogP contribution is 2.25. The molecule has 0 bridgehead atoms. The van der Waals surface area contributed by atoms with Gasteiger partial charge in [0.05, 0.1) is 4.92 Å². The molecule has 1 aliphatic heterocycles. The summed E-state index contributed by atoms with van der Waals surface area (Å²) >= 11 is 0. The van der Waals surface area contributed by atoms with E-state index >= 15 is 0 Å². The minimum Gasteiger partial charge on any atom is -0.369 e. The molecule has 5 heteroatoms. The summed E-state index contributed by atoms with van der Waals surface area (Å²) < 4.78 is 0. The van der Waals surface area contributed by atoms with Gasteiger partial charge in [-0.3, -0.25) is 15.0 Å². The van der Waals surface area contributed by atoms with Crippen molar-refractivity contribution in [3.63, 3.8) is 0 Å². The summed E-state index contributed by atoms with van der Waals surface area (Å²) in [6.07, 6.45) is 1.18. The first-order valence-corrected chi connectivity index (χ1v) is 6.84. The molecule has 0 N–H and O–H groups in total. The van der Waals surface area contributed by atoms with Crippen molar-refractivity contribution >= 4 is 11.4 Å². The Labute approximate surface area is 114 Å². The monoisotopic (exact) mass is 263 g/mol. The fourth-order valence-corrected chi connectivity index (χ4v) is 2.54. The molecule has 0 spiro atoms. The average molecular weight is 263 g/mol. The molecule has 2 rings (SSSR count). The number of nitro benzene ring substituents is 1. The summed E-state index contributed by atoms with van der Waals surface area (Å²) in [6.45, 7) is 9.07. The van der Waals surface area contributed by atoms with Gasteiger partial charge in [-0.05, 0) is 26.0 Å². The van der Waals surface area contributed by atoms with Crippen molar-refractivity contribution in [2.75, 3.05) is 37.6 Å². The van der Waals surface area contributed by atoms with Gasteiger partial charge in [-0.1, -0.05) is 13.0 Å². The molecule has 5 nitrogen and oxygen atoms in total. The molecule has 1 saturated heterocycles. The Morgan fingerprint density at radius 3 is 2.53 bits per heavy atom. The van der Waals surface area contributed by atoms with Crippen LogP contribution in [0.25, 0.3) is 0 Å². The molecular weight excluding hydrogens is 242 g/mol. The zero-order valence-electron chi connectivity index (χ0n) is 11.6.